The number of non-ortho nitro benzene ring substituents is 1. The monoisotopic (exact) mass is 284 g/mol. The molecule has 2 aromatic carbocycles. The molecule has 0 heterocycles. The van der Waals surface area contributed by atoms with Crippen LogP contribution in [0.25, 0.3) is 0 Å². The fourth-order valence-electron chi connectivity index (χ4n) is 2.35. The maximum Gasteiger partial charge on any atom is 0.271 e. The Bertz CT molecular complexity index is 611. The maximum absolute atomic E-state index is 10.9. The Balaban J connectivity index is 1.93. The molecule has 4 heteroatoms. The third-order valence-electron chi connectivity index (χ3n) is 3.55. The SMILES string of the molecule is Cc1cc(NCCC(C)c2ccccc2)cc([N+](=O)[O-])c1. The van der Waals surface area contributed by atoms with Gasteiger partial charge in [0.1, 0.15) is 0 Å². The average molecular weight is 284 g/mol. The highest BCUT2D eigenvalue weighted by Gasteiger charge is 2.08. The first-order chi connectivity index (χ1) is 10.1. The van der Waals surface area contributed by atoms with Gasteiger partial charge in [0.25, 0.3) is 5.69 Å². The van der Waals surface area contributed by atoms with Crippen LogP contribution in [0.3, 0.4) is 0 Å². The second-order valence-electron chi connectivity index (χ2n) is 5.34. The molecule has 21 heavy (non-hydrogen) atoms. The van der Waals surface area contributed by atoms with E-state index in [4.69, 9.17) is 0 Å². The molecular weight excluding hydrogens is 264 g/mol. The van der Waals surface area contributed by atoms with E-state index in [0.717, 1.165) is 24.2 Å². The molecule has 0 saturated heterocycles. The van der Waals surface area contributed by atoms with Crippen LogP contribution < -0.4 is 5.32 Å². The number of aryl methyl sites for hydroxylation is 1. The lowest BCUT2D eigenvalue weighted by molar-refractivity contribution is -0.384. The minimum Gasteiger partial charge on any atom is -0.385 e. The second-order valence-corrected chi connectivity index (χ2v) is 5.34. The third kappa shape index (κ3) is 4.31. The molecule has 4 nitrogen and oxygen atoms in total. The number of hydrogen-bond donors (Lipinski definition) is 1. The van der Waals surface area contributed by atoms with Crippen molar-refractivity contribution in [2.24, 2.45) is 0 Å². The Morgan fingerprint density at radius 2 is 1.90 bits per heavy atom. The van der Waals surface area contributed by atoms with E-state index >= 15 is 0 Å². The number of nitrogens with zero attached hydrogens (tertiary/aromatic N) is 1. The normalized spacial score (nSPS) is 11.9. The predicted octanol–water partition coefficient (Wildman–Crippen LogP) is 4.51. The lowest BCUT2D eigenvalue weighted by atomic mass is 9.98. The summed E-state index contributed by atoms with van der Waals surface area (Å²) in [6.07, 6.45) is 0.978. The Kier molecular flexibility index (Phi) is 4.93. The average Bonchev–Trinajstić information content (AvgIpc) is 2.47. The summed E-state index contributed by atoms with van der Waals surface area (Å²) in [4.78, 5) is 10.5. The van der Waals surface area contributed by atoms with Crippen molar-refractivity contribution in [3.05, 3.63) is 69.8 Å². The van der Waals surface area contributed by atoms with Crippen molar-refractivity contribution in [2.75, 3.05) is 11.9 Å². The third-order valence-corrected chi connectivity index (χ3v) is 3.55. The number of nitro benzene ring substituents is 1. The van der Waals surface area contributed by atoms with E-state index < -0.39 is 0 Å². The fraction of sp³-hybridized carbons (Fsp3) is 0.294. The zero-order valence-electron chi connectivity index (χ0n) is 12.4. The molecule has 2 aromatic rings. The van der Waals surface area contributed by atoms with Crippen LogP contribution in [-0.4, -0.2) is 11.5 Å². The summed E-state index contributed by atoms with van der Waals surface area (Å²) in [6.45, 7) is 4.84. The van der Waals surface area contributed by atoms with Gasteiger partial charge in [0, 0.05) is 24.4 Å². The smallest absolute Gasteiger partial charge is 0.271 e. The number of nitrogens with one attached hydrogen (secondary N) is 1. The largest absolute Gasteiger partial charge is 0.385 e. The van der Waals surface area contributed by atoms with Gasteiger partial charge in [-0.05, 0) is 36.5 Å². The molecule has 0 spiro atoms. The summed E-state index contributed by atoms with van der Waals surface area (Å²) in [7, 11) is 0. The minimum atomic E-state index is -0.356. The molecule has 0 aliphatic heterocycles. The Hall–Kier alpha value is -2.36. The van der Waals surface area contributed by atoms with Gasteiger partial charge in [0.15, 0.2) is 0 Å². The first-order valence-corrected chi connectivity index (χ1v) is 7.11. The fourth-order valence-corrected chi connectivity index (χ4v) is 2.35. The minimum absolute atomic E-state index is 0.133. The highest BCUT2D eigenvalue weighted by atomic mass is 16.6. The van der Waals surface area contributed by atoms with Crippen molar-refractivity contribution < 1.29 is 4.92 Å². The van der Waals surface area contributed by atoms with Gasteiger partial charge in [0.05, 0.1) is 4.92 Å². The van der Waals surface area contributed by atoms with Crippen molar-refractivity contribution in [3.63, 3.8) is 0 Å². The van der Waals surface area contributed by atoms with Crippen molar-refractivity contribution in [2.45, 2.75) is 26.2 Å². The molecule has 0 aliphatic rings. The number of nitro groups is 1. The van der Waals surface area contributed by atoms with Gasteiger partial charge in [-0.25, -0.2) is 0 Å². The van der Waals surface area contributed by atoms with E-state index in [1.807, 2.05) is 31.2 Å². The van der Waals surface area contributed by atoms with Gasteiger partial charge in [-0.1, -0.05) is 37.3 Å². The van der Waals surface area contributed by atoms with Gasteiger partial charge < -0.3 is 5.32 Å². The van der Waals surface area contributed by atoms with Crippen molar-refractivity contribution in [1.29, 1.82) is 0 Å². The van der Waals surface area contributed by atoms with E-state index in [9.17, 15) is 10.1 Å². The van der Waals surface area contributed by atoms with E-state index in [2.05, 4.69) is 24.4 Å². The van der Waals surface area contributed by atoms with Crippen LogP contribution in [0.1, 0.15) is 30.4 Å². The first-order valence-electron chi connectivity index (χ1n) is 7.11. The molecule has 0 aromatic heterocycles. The highest BCUT2D eigenvalue weighted by molar-refractivity contribution is 5.53. The van der Waals surface area contributed by atoms with Crippen LogP contribution in [0.2, 0.25) is 0 Å². The van der Waals surface area contributed by atoms with Gasteiger partial charge >= 0.3 is 0 Å². The van der Waals surface area contributed by atoms with Crippen LogP contribution in [-0.2, 0) is 0 Å². The molecule has 0 fully saturated rings. The molecule has 0 amide bonds. The molecule has 0 radical (unpaired) electrons. The summed E-state index contributed by atoms with van der Waals surface area (Å²) >= 11 is 0. The van der Waals surface area contributed by atoms with Crippen molar-refractivity contribution in [3.8, 4) is 0 Å². The van der Waals surface area contributed by atoms with Gasteiger partial charge in [-0.15, -0.1) is 0 Å². The van der Waals surface area contributed by atoms with Crippen LogP contribution in [0.15, 0.2) is 48.5 Å². The topological polar surface area (TPSA) is 55.2 Å². The van der Waals surface area contributed by atoms with Crippen molar-refractivity contribution >= 4 is 11.4 Å². The highest BCUT2D eigenvalue weighted by Crippen LogP contribution is 2.22. The standard InChI is InChI=1S/C17H20N2O2/c1-13-10-16(12-17(11-13)19(20)21)18-9-8-14(2)15-6-4-3-5-7-15/h3-7,10-12,14,18H,8-9H2,1-2H3. The molecule has 0 aliphatic carbocycles. The van der Waals surface area contributed by atoms with Crippen molar-refractivity contribution in [1.82, 2.24) is 0 Å². The lowest BCUT2D eigenvalue weighted by Gasteiger charge is -2.13. The molecule has 1 N–H and O–H groups in total. The Morgan fingerprint density at radius 3 is 2.57 bits per heavy atom. The molecule has 0 bridgehead atoms. The first kappa shape index (κ1) is 15.0. The van der Waals surface area contributed by atoms with Crippen LogP contribution in [0.4, 0.5) is 11.4 Å². The maximum atomic E-state index is 10.9. The van der Waals surface area contributed by atoms with E-state index in [1.165, 1.54) is 5.56 Å². The summed E-state index contributed by atoms with van der Waals surface area (Å²) in [6, 6.07) is 15.5. The Morgan fingerprint density at radius 1 is 1.19 bits per heavy atom. The number of rotatable bonds is 6. The summed E-state index contributed by atoms with van der Waals surface area (Å²) in [5.41, 5.74) is 3.15. The van der Waals surface area contributed by atoms with E-state index in [0.29, 0.717) is 5.92 Å². The molecule has 1 unspecified atom stereocenters. The summed E-state index contributed by atoms with van der Waals surface area (Å²) in [5.74, 6) is 0.457. The Labute approximate surface area is 125 Å². The molecule has 110 valence electrons. The van der Waals surface area contributed by atoms with Gasteiger partial charge in [-0.3, -0.25) is 10.1 Å². The predicted molar refractivity (Wildman–Crippen MR) is 85.8 cm³/mol. The van der Waals surface area contributed by atoms with Gasteiger partial charge in [-0.2, -0.15) is 0 Å². The number of benzene rings is 2. The zero-order chi connectivity index (χ0) is 15.2. The van der Waals surface area contributed by atoms with Crippen LogP contribution in [0.5, 0.6) is 0 Å². The van der Waals surface area contributed by atoms with Crippen LogP contribution >= 0.6 is 0 Å². The quantitative estimate of drug-likeness (QED) is 0.627. The second kappa shape index (κ2) is 6.88. The zero-order valence-corrected chi connectivity index (χ0v) is 12.4. The van der Waals surface area contributed by atoms with E-state index in [-0.39, 0.29) is 10.6 Å². The molecule has 1 atom stereocenters. The van der Waals surface area contributed by atoms with Crippen LogP contribution in [0, 0.1) is 17.0 Å². The van der Waals surface area contributed by atoms with E-state index in [1.54, 1.807) is 12.1 Å². The van der Waals surface area contributed by atoms with Gasteiger partial charge in [0.2, 0.25) is 0 Å². The summed E-state index contributed by atoms with van der Waals surface area (Å²) < 4.78 is 0. The molecular formula is C17H20N2O2. The lowest BCUT2D eigenvalue weighted by Crippen LogP contribution is -2.06. The molecule has 2 rings (SSSR count). The molecule has 0 saturated carbocycles. The summed E-state index contributed by atoms with van der Waals surface area (Å²) in [5, 5.41) is 14.1. The number of anilines is 1. The number of hydrogen-bond acceptors (Lipinski definition) is 3.